The number of unbranched alkanes of at least 4 members (excludes halogenated alkanes) is 1. The number of sulfonamides is 1. The highest BCUT2D eigenvalue weighted by Crippen LogP contribution is 2.19. The van der Waals surface area contributed by atoms with E-state index in [1.807, 2.05) is 11.6 Å². The number of nitrogens with zero attached hydrogens (tertiary/aromatic N) is 4. The van der Waals surface area contributed by atoms with Gasteiger partial charge in [-0.3, -0.25) is 10.00 Å². The van der Waals surface area contributed by atoms with Gasteiger partial charge in [0.1, 0.15) is 5.56 Å². The number of aromatic nitrogens is 4. The third kappa shape index (κ3) is 6.04. The van der Waals surface area contributed by atoms with Crippen LogP contribution in [0.4, 0.5) is 10.7 Å². The molecule has 0 saturated heterocycles. The van der Waals surface area contributed by atoms with E-state index in [-0.39, 0.29) is 36.4 Å². The Morgan fingerprint density at radius 2 is 1.77 bits per heavy atom. The number of amides is 2. The van der Waals surface area contributed by atoms with Crippen LogP contribution in [0.15, 0.2) is 17.3 Å². The number of urea groups is 1. The molecule has 0 fully saturated rings. The van der Waals surface area contributed by atoms with E-state index in [1.165, 1.54) is 20.3 Å². The molecule has 0 saturated carbocycles. The molecule has 2 rings (SSSR count). The van der Waals surface area contributed by atoms with Gasteiger partial charge in [0, 0.05) is 6.54 Å². The Morgan fingerprint density at radius 1 is 1.13 bits per heavy atom. The monoisotopic (exact) mass is 456 g/mol. The van der Waals surface area contributed by atoms with E-state index >= 15 is 0 Å². The van der Waals surface area contributed by atoms with Crippen molar-refractivity contribution in [2.45, 2.75) is 38.3 Å². The number of nitrogens with one attached hydrogen (secondary N) is 2. The summed E-state index contributed by atoms with van der Waals surface area (Å²) >= 11 is 0. The molecule has 31 heavy (non-hydrogen) atoms. The van der Waals surface area contributed by atoms with E-state index in [1.54, 1.807) is 6.92 Å². The third-order valence-electron chi connectivity index (χ3n) is 3.81. The van der Waals surface area contributed by atoms with Gasteiger partial charge >= 0.3 is 12.0 Å². The summed E-state index contributed by atoms with van der Waals surface area (Å²) < 4.78 is 43.7. The number of carbonyl (C=O) groups is 2. The lowest BCUT2D eigenvalue weighted by molar-refractivity contribution is 0.0521. The molecule has 0 aliphatic heterocycles. The molecule has 2 N–H and O–H groups in total. The predicted molar refractivity (Wildman–Crippen MR) is 108 cm³/mol. The lowest BCUT2D eigenvalue weighted by Crippen LogP contribution is -2.37. The molecule has 2 aromatic heterocycles. The van der Waals surface area contributed by atoms with Crippen molar-refractivity contribution in [1.82, 2.24) is 24.5 Å². The number of esters is 1. The molecule has 13 nitrogen and oxygen atoms in total. The van der Waals surface area contributed by atoms with Crippen molar-refractivity contribution in [3.05, 3.63) is 17.8 Å². The van der Waals surface area contributed by atoms with E-state index < -0.39 is 27.0 Å². The normalized spacial score (nSPS) is 11.0. The first kappa shape index (κ1) is 23.9. The second-order valence-electron chi connectivity index (χ2n) is 6.00. The Balaban J connectivity index is 2.31. The van der Waals surface area contributed by atoms with E-state index in [0.717, 1.165) is 17.3 Å². The van der Waals surface area contributed by atoms with Crippen LogP contribution in [0.5, 0.6) is 11.8 Å². The first-order valence-electron chi connectivity index (χ1n) is 9.29. The summed E-state index contributed by atoms with van der Waals surface area (Å²) in [4.78, 5) is 32.3. The average Bonchev–Trinajstić information content (AvgIpc) is 3.16. The van der Waals surface area contributed by atoms with Gasteiger partial charge in [-0.05, 0) is 13.3 Å². The van der Waals surface area contributed by atoms with Crippen molar-refractivity contribution in [2.24, 2.45) is 0 Å². The summed E-state index contributed by atoms with van der Waals surface area (Å²) in [5.41, 5.74) is -0.280. The van der Waals surface area contributed by atoms with Crippen LogP contribution in [-0.2, 0) is 21.3 Å². The molecule has 2 amide bonds. The maximum Gasteiger partial charge on any atom is 0.342 e. The average molecular weight is 456 g/mol. The van der Waals surface area contributed by atoms with Crippen LogP contribution in [0.3, 0.4) is 0 Å². The Kier molecular flexibility index (Phi) is 8.13. The molecule has 0 atom stereocenters. The summed E-state index contributed by atoms with van der Waals surface area (Å²) in [6.45, 7) is 3.77. The number of aryl methyl sites for hydroxylation is 1. The fourth-order valence-corrected chi connectivity index (χ4v) is 3.67. The van der Waals surface area contributed by atoms with Gasteiger partial charge in [-0.1, -0.05) is 13.3 Å². The van der Waals surface area contributed by atoms with Crippen molar-refractivity contribution in [3.8, 4) is 11.8 Å². The van der Waals surface area contributed by atoms with Gasteiger partial charge in [-0.2, -0.15) is 23.5 Å². The van der Waals surface area contributed by atoms with E-state index in [0.29, 0.717) is 6.42 Å². The van der Waals surface area contributed by atoms with E-state index in [4.69, 9.17) is 14.2 Å². The van der Waals surface area contributed by atoms with Gasteiger partial charge in [0.05, 0.1) is 33.1 Å². The van der Waals surface area contributed by atoms with Gasteiger partial charge in [0.15, 0.2) is 5.03 Å². The van der Waals surface area contributed by atoms with Crippen LogP contribution < -0.4 is 19.5 Å². The molecule has 0 aliphatic rings. The zero-order valence-corrected chi connectivity index (χ0v) is 18.4. The van der Waals surface area contributed by atoms with Gasteiger partial charge < -0.3 is 14.2 Å². The topological polar surface area (TPSA) is 164 Å². The van der Waals surface area contributed by atoms with Crippen LogP contribution in [-0.4, -0.2) is 61.0 Å². The third-order valence-corrected chi connectivity index (χ3v) is 5.21. The summed E-state index contributed by atoms with van der Waals surface area (Å²) in [6, 6.07) is 0.214. The van der Waals surface area contributed by atoms with Crippen LogP contribution in [0.25, 0.3) is 0 Å². The maximum absolute atomic E-state index is 12.9. The fraction of sp³-hybridized carbons (Fsp3) is 0.471. The molecule has 14 heteroatoms. The Hall–Kier alpha value is -3.42. The molecule has 2 heterocycles. The molecule has 0 radical (unpaired) electrons. The number of rotatable bonds is 10. The van der Waals surface area contributed by atoms with Gasteiger partial charge in [0.2, 0.25) is 17.7 Å². The summed E-state index contributed by atoms with van der Waals surface area (Å²) in [5.74, 6) is -0.944. The van der Waals surface area contributed by atoms with Crippen molar-refractivity contribution < 1.29 is 32.2 Å². The van der Waals surface area contributed by atoms with Crippen molar-refractivity contribution in [1.29, 1.82) is 0 Å². The summed E-state index contributed by atoms with van der Waals surface area (Å²) in [6.07, 6.45) is 2.46. The Bertz CT molecular complexity index is 1020. The number of carbonyl (C=O) groups excluding carboxylic acids is 2. The van der Waals surface area contributed by atoms with E-state index in [9.17, 15) is 18.0 Å². The first-order chi connectivity index (χ1) is 14.7. The maximum atomic E-state index is 12.9. The van der Waals surface area contributed by atoms with Crippen LogP contribution >= 0.6 is 0 Å². The van der Waals surface area contributed by atoms with E-state index in [2.05, 4.69) is 20.4 Å². The smallest absolute Gasteiger partial charge is 0.342 e. The lowest BCUT2D eigenvalue weighted by atomic mass is 10.3. The highest BCUT2D eigenvalue weighted by Gasteiger charge is 2.31. The molecular formula is C17H24N6O7S. The van der Waals surface area contributed by atoms with Gasteiger partial charge in [-0.25, -0.2) is 14.3 Å². The van der Waals surface area contributed by atoms with Gasteiger partial charge in [-0.15, -0.1) is 0 Å². The van der Waals surface area contributed by atoms with Gasteiger partial charge in [0.25, 0.3) is 10.0 Å². The predicted octanol–water partition coefficient (Wildman–Crippen LogP) is 1.18. The first-order valence-corrected chi connectivity index (χ1v) is 10.8. The number of methoxy groups -OCH3 is 2. The molecule has 0 bridgehead atoms. The minimum atomic E-state index is -4.50. The SMILES string of the molecule is CCCCn1ncc(C(=O)OCC)c1S(=O)(=O)NC(=O)Nc1nc(OC)cc(OC)n1. The quantitative estimate of drug-likeness (QED) is 0.496. The van der Waals surface area contributed by atoms with Crippen molar-refractivity contribution in [3.63, 3.8) is 0 Å². The molecule has 0 aliphatic carbocycles. The Labute approximate surface area is 179 Å². The highest BCUT2D eigenvalue weighted by atomic mass is 32.2. The molecule has 0 spiro atoms. The largest absolute Gasteiger partial charge is 0.481 e. The second kappa shape index (κ2) is 10.6. The zero-order chi connectivity index (χ0) is 23.0. The second-order valence-corrected chi connectivity index (χ2v) is 7.59. The van der Waals surface area contributed by atoms with Crippen LogP contribution in [0.1, 0.15) is 37.0 Å². The number of ether oxygens (including phenoxy) is 3. The number of hydrogen-bond donors (Lipinski definition) is 2. The van der Waals surface area contributed by atoms with Crippen molar-refractivity contribution >= 4 is 28.0 Å². The molecule has 0 aromatic carbocycles. The highest BCUT2D eigenvalue weighted by molar-refractivity contribution is 7.90. The van der Waals surface area contributed by atoms with Crippen LogP contribution in [0, 0.1) is 0 Å². The summed E-state index contributed by atoms with van der Waals surface area (Å²) in [7, 11) is -1.80. The lowest BCUT2D eigenvalue weighted by Gasteiger charge is -2.12. The molecule has 0 unspecified atom stereocenters. The minimum Gasteiger partial charge on any atom is -0.481 e. The fourth-order valence-electron chi connectivity index (χ4n) is 2.44. The number of hydrogen-bond acceptors (Lipinski definition) is 10. The Morgan fingerprint density at radius 3 is 2.32 bits per heavy atom. The minimum absolute atomic E-state index is 0.0430. The molecular weight excluding hydrogens is 432 g/mol. The van der Waals surface area contributed by atoms with Crippen molar-refractivity contribution in [2.75, 3.05) is 26.1 Å². The standard InChI is InChI=1S/C17H24N6O7S/c1-5-7-8-23-14(11(10-18-23)15(24)30-6-2)31(26,27)22-17(25)21-16-19-12(28-3)9-13(20-16)29-4/h9-10H,5-8H2,1-4H3,(H2,19,20,21,22,25). The molecule has 2 aromatic rings. The summed E-state index contributed by atoms with van der Waals surface area (Å²) in [5, 5.41) is 5.68. The molecule has 170 valence electrons. The number of anilines is 1. The zero-order valence-electron chi connectivity index (χ0n) is 17.5. The van der Waals surface area contributed by atoms with Crippen LogP contribution in [0.2, 0.25) is 0 Å².